The second-order valence-electron chi connectivity index (χ2n) is 5.05. The van der Waals surface area contributed by atoms with E-state index in [0.717, 1.165) is 11.7 Å². The Balaban J connectivity index is 2.07. The van der Waals surface area contributed by atoms with Gasteiger partial charge in [-0.2, -0.15) is 0 Å². The van der Waals surface area contributed by atoms with Gasteiger partial charge in [-0.3, -0.25) is 0 Å². The first-order valence-electron chi connectivity index (χ1n) is 5.17. The standard InChI is InChI=1S/C11H16O2/c1-6-9-7-3-4-8(5-7)11(9,2)10(12)13-6/h7-10,12H,1,3-5H2,2H3/t7-,8+,9-,10-,11+/m0/s1. The smallest absolute Gasteiger partial charge is 0.203 e. The molecule has 3 fully saturated rings. The first-order valence-corrected chi connectivity index (χ1v) is 5.17. The van der Waals surface area contributed by atoms with Crippen LogP contribution in [0.25, 0.3) is 0 Å². The van der Waals surface area contributed by atoms with E-state index < -0.39 is 6.29 Å². The van der Waals surface area contributed by atoms with Crippen molar-refractivity contribution in [2.75, 3.05) is 0 Å². The summed E-state index contributed by atoms with van der Waals surface area (Å²) in [6, 6.07) is 0. The molecule has 1 saturated heterocycles. The Morgan fingerprint density at radius 2 is 2.31 bits per heavy atom. The lowest BCUT2D eigenvalue weighted by atomic mass is 9.68. The second kappa shape index (κ2) is 2.11. The van der Waals surface area contributed by atoms with E-state index >= 15 is 0 Å². The summed E-state index contributed by atoms with van der Waals surface area (Å²) in [6.07, 6.45) is 3.26. The Hall–Kier alpha value is -0.500. The zero-order chi connectivity index (χ0) is 9.22. The molecule has 0 aromatic carbocycles. The lowest BCUT2D eigenvalue weighted by molar-refractivity contribution is -0.119. The van der Waals surface area contributed by atoms with Crippen molar-refractivity contribution < 1.29 is 9.84 Å². The summed E-state index contributed by atoms with van der Waals surface area (Å²) in [5, 5.41) is 9.87. The molecule has 1 heterocycles. The highest BCUT2D eigenvalue weighted by Crippen LogP contribution is 2.66. The molecule has 3 rings (SSSR count). The average molecular weight is 180 g/mol. The van der Waals surface area contributed by atoms with Gasteiger partial charge in [0.25, 0.3) is 0 Å². The van der Waals surface area contributed by atoms with Crippen molar-refractivity contribution in [3.63, 3.8) is 0 Å². The van der Waals surface area contributed by atoms with Crippen molar-refractivity contribution in [2.24, 2.45) is 23.2 Å². The lowest BCUT2D eigenvalue weighted by Gasteiger charge is -2.34. The van der Waals surface area contributed by atoms with Crippen molar-refractivity contribution in [1.29, 1.82) is 0 Å². The van der Waals surface area contributed by atoms with Crippen LogP contribution in [0.15, 0.2) is 12.3 Å². The fourth-order valence-corrected chi connectivity index (χ4v) is 3.95. The van der Waals surface area contributed by atoms with Gasteiger partial charge in [-0.15, -0.1) is 0 Å². The van der Waals surface area contributed by atoms with Gasteiger partial charge in [0.2, 0.25) is 6.29 Å². The Kier molecular flexibility index (Phi) is 1.28. The van der Waals surface area contributed by atoms with E-state index in [9.17, 15) is 5.11 Å². The van der Waals surface area contributed by atoms with Crippen LogP contribution >= 0.6 is 0 Å². The zero-order valence-electron chi connectivity index (χ0n) is 7.99. The molecule has 13 heavy (non-hydrogen) atoms. The molecule has 0 aromatic heterocycles. The predicted molar refractivity (Wildman–Crippen MR) is 48.7 cm³/mol. The Labute approximate surface area is 78.6 Å². The highest BCUT2D eigenvalue weighted by atomic mass is 16.6. The van der Waals surface area contributed by atoms with Gasteiger partial charge in [0.15, 0.2) is 0 Å². The minimum atomic E-state index is -0.597. The third kappa shape index (κ3) is 0.700. The summed E-state index contributed by atoms with van der Waals surface area (Å²) in [5.74, 6) is 2.67. The molecule has 2 heteroatoms. The minimum absolute atomic E-state index is 0.0139. The van der Waals surface area contributed by atoms with E-state index in [1.165, 1.54) is 19.3 Å². The van der Waals surface area contributed by atoms with Gasteiger partial charge in [-0.25, -0.2) is 0 Å². The second-order valence-corrected chi connectivity index (χ2v) is 5.05. The molecule has 0 aromatic rings. The van der Waals surface area contributed by atoms with Crippen LogP contribution in [0.3, 0.4) is 0 Å². The SMILES string of the molecule is C=C1O[C@H](O)[C@]2(C)[C@@H]3CC[C@@H](C3)[C@H]12. The lowest BCUT2D eigenvalue weighted by Crippen LogP contribution is -2.38. The monoisotopic (exact) mass is 180 g/mol. The molecule has 0 radical (unpaired) electrons. The minimum Gasteiger partial charge on any atom is -0.469 e. The number of aliphatic hydroxyl groups excluding tert-OH is 1. The van der Waals surface area contributed by atoms with Crippen LogP contribution in [0.4, 0.5) is 0 Å². The number of ether oxygens (including phenoxy) is 1. The summed E-state index contributed by atoms with van der Waals surface area (Å²) in [5.41, 5.74) is -0.0139. The van der Waals surface area contributed by atoms with Crippen molar-refractivity contribution >= 4 is 0 Å². The van der Waals surface area contributed by atoms with Crippen molar-refractivity contribution in [1.82, 2.24) is 0 Å². The fourth-order valence-electron chi connectivity index (χ4n) is 3.95. The molecule has 5 atom stereocenters. The largest absolute Gasteiger partial charge is 0.469 e. The number of hydrogen-bond donors (Lipinski definition) is 1. The van der Waals surface area contributed by atoms with E-state index in [0.29, 0.717) is 11.8 Å². The van der Waals surface area contributed by atoms with Crippen molar-refractivity contribution in [2.45, 2.75) is 32.5 Å². The van der Waals surface area contributed by atoms with Crippen molar-refractivity contribution in [3.8, 4) is 0 Å². The number of rotatable bonds is 0. The van der Waals surface area contributed by atoms with Crippen LogP contribution in [-0.2, 0) is 4.74 Å². The summed E-state index contributed by atoms with van der Waals surface area (Å²) in [6.45, 7) is 6.10. The number of hydrogen-bond acceptors (Lipinski definition) is 2. The van der Waals surface area contributed by atoms with E-state index in [1.54, 1.807) is 0 Å². The maximum atomic E-state index is 9.87. The molecule has 0 amide bonds. The van der Waals surface area contributed by atoms with Gasteiger partial charge in [-0.1, -0.05) is 13.5 Å². The first-order chi connectivity index (χ1) is 6.14. The topological polar surface area (TPSA) is 29.5 Å². The van der Waals surface area contributed by atoms with Crippen LogP contribution in [0.2, 0.25) is 0 Å². The summed E-state index contributed by atoms with van der Waals surface area (Å²) < 4.78 is 5.37. The molecule has 2 saturated carbocycles. The maximum Gasteiger partial charge on any atom is 0.203 e. The zero-order valence-corrected chi connectivity index (χ0v) is 7.99. The Morgan fingerprint density at radius 3 is 3.00 bits per heavy atom. The summed E-state index contributed by atoms with van der Waals surface area (Å²) >= 11 is 0. The quantitative estimate of drug-likeness (QED) is 0.617. The first kappa shape index (κ1) is 7.86. The third-order valence-electron chi connectivity index (χ3n) is 4.64. The van der Waals surface area contributed by atoms with E-state index in [-0.39, 0.29) is 5.41 Å². The van der Waals surface area contributed by atoms with E-state index in [1.807, 2.05) is 0 Å². The molecule has 2 bridgehead atoms. The van der Waals surface area contributed by atoms with Crippen LogP contribution in [0.1, 0.15) is 26.2 Å². The summed E-state index contributed by atoms with van der Waals surface area (Å²) in [7, 11) is 0. The van der Waals surface area contributed by atoms with Gasteiger partial charge in [0.1, 0.15) is 0 Å². The highest BCUT2D eigenvalue weighted by Gasteiger charge is 2.64. The molecular weight excluding hydrogens is 164 g/mol. The summed E-state index contributed by atoms with van der Waals surface area (Å²) in [4.78, 5) is 0. The molecule has 0 unspecified atom stereocenters. The molecule has 2 aliphatic carbocycles. The molecule has 0 spiro atoms. The van der Waals surface area contributed by atoms with Gasteiger partial charge in [-0.05, 0) is 31.1 Å². The van der Waals surface area contributed by atoms with Gasteiger partial charge in [0.05, 0.1) is 5.76 Å². The molecule has 2 nitrogen and oxygen atoms in total. The van der Waals surface area contributed by atoms with Crippen molar-refractivity contribution in [3.05, 3.63) is 12.3 Å². The van der Waals surface area contributed by atoms with Crippen LogP contribution in [0.5, 0.6) is 0 Å². The maximum absolute atomic E-state index is 9.87. The van der Waals surface area contributed by atoms with Gasteiger partial charge < -0.3 is 9.84 Å². The number of aliphatic hydroxyl groups is 1. The fraction of sp³-hybridized carbons (Fsp3) is 0.818. The molecule has 72 valence electrons. The molecule has 1 N–H and O–H groups in total. The molecule has 1 aliphatic heterocycles. The van der Waals surface area contributed by atoms with Crippen LogP contribution in [0, 0.1) is 23.2 Å². The Morgan fingerprint density at radius 1 is 1.54 bits per heavy atom. The van der Waals surface area contributed by atoms with Crippen LogP contribution < -0.4 is 0 Å². The highest BCUT2D eigenvalue weighted by molar-refractivity contribution is 5.18. The van der Waals surface area contributed by atoms with Crippen LogP contribution in [-0.4, -0.2) is 11.4 Å². The average Bonchev–Trinajstić information content (AvgIpc) is 2.66. The molecule has 3 aliphatic rings. The third-order valence-corrected chi connectivity index (χ3v) is 4.64. The van der Waals surface area contributed by atoms with E-state index in [2.05, 4.69) is 13.5 Å². The van der Waals surface area contributed by atoms with E-state index in [4.69, 9.17) is 4.74 Å². The Bertz CT molecular complexity index is 273. The number of fused-ring (bicyclic) bond motifs is 5. The predicted octanol–water partition coefficient (Wildman–Crippen LogP) is 1.90. The van der Waals surface area contributed by atoms with Gasteiger partial charge >= 0.3 is 0 Å². The number of allylic oxidation sites excluding steroid dienone is 1. The molecular formula is C11H16O2. The van der Waals surface area contributed by atoms with Gasteiger partial charge in [0, 0.05) is 11.3 Å². The normalized spacial score (nSPS) is 58.2.